The number of aryl methyl sites for hydroxylation is 1. The van der Waals surface area contributed by atoms with Gasteiger partial charge in [0.25, 0.3) is 0 Å². The molecular weight excluding hydrogens is 266 g/mol. The Bertz CT molecular complexity index is 574. The van der Waals surface area contributed by atoms with Crippen molar-refractivity contribution >= 4 is 11.8 Å². The Morgan fingerprint density at radius 3 is 2.71 bits per heavy atom. The van der Waals surface area contributed by atoms with Crippen molar-refractivity contribution < 1.29 is 4.74 Å². The predicted octanol–water partition coefficient (Wildman–Crippen LogP) is 2.05. The number of pyridine rings is 1. The third-order valence-corrected chi connectivity index (χ3v) is 3.05. The van der Waals surface area contributed by atoms with E-state index in [1.807, 2.05) is 50.3 Å². The molecule has 0 radical (unpaired) electrons. The van der Waals surface area contributed by atoms with E-state index in [9.17, 15) is 0 Å². The maximum absolute atomic E-state index is 5.26. The Morgan fingerprint density at radius 1 is 1.29 bits per heavy atom. The maximum Gasteiger partial charge on any atom is 0.225 e. The van der Waals surface area contributed by atoms with Crippen molar-refractivity contribution in [3.8, 4) is 0 Å². The number of nitrogens with zero attached hydrogens (tertiary/aromatic N) is 4. The molecule has 1 atom stereocenters. The number of anilines is 2. The number of rotatable bonds is 6. The van der Waals surface area contributed by atoms with Gasteiger partial charge in [-0.25, -0.2) is 4.98 Å². The number of methoxy groups -OCH3 is 1. The summed E-state index contributed by atoms with van der Waals surface area (Å²) in [6.45, 7) is 2.48. The molecule has 0 bridgehead atoms. The smallest absolute Gasteiger partial charge is 0.225 e. The molecule has 0 aromatic carbocycles. The van der Waals surface area contributed by atoms with Crippen LogP contribution in [0.25, 0.3) is 0 Å². The number of ether oxygens (including phenoxy) is 1. The molecule has 6 heteroatoms. The summed E-state index contributed by atoms with van der Waals surface area (Å²) in [5, 5.41) is 3.28. The van der Waals surface area contributed by atoms with Crippen LogP contribution in [0, 0.1) is 6.92 Å². The van der Waals surface area contributed by atoms with Gasteiger partial charge in [-0.05, 0) is 19.1 Å². The molecule has 0 aliphatic rings. The molecule has 112 valence electrons. The Hall–Kier alpha value is -2.21. The summed E-state index contributed by atoms with van der Waals surface area (Å²) in [4.78, 5) is 15.2. The van der Waals surface area contributed by atoms with E-state index in [-0.39, 0.29) is 6.04 Å². The van der Waals surface area contributed by atoms with Crippen molar-refractivity contribution in [1.29, 1.82) is 0 Å². The highest BCUT2D eigenvalue weighted by atomic mass is 16.5. The van der Waals surface area contributed by atoms with Crippen LogP contribution in [0.3, 0.4) is 0 Å². The minimum atomic E-state index is -0.0890. The summed E-state index contributed by atoms with van der Waals surface area (Å²) in [5.41, 5.74) is 1.93. The molecule has 6 nitrogen and oxygen atoms in total. The van der Waals surface area contributed by atoms with Gasteiger partial charge < -0.3 is 15.0 Å². The van der Waals surface area contributed by atoms with Crippen LogP contribution in [-0.2, 0) is 4.74 Å². The number of hydrogen-bond acceptors (Lipinski definition) is 6. The molecule has 0 amide bonds. The van der Waals surface area contributed by atoms with Crippen molar-refractivity contribution in [2.45, 2.75) is 13.0 Å². The lowest BCUT2D eigenvalue weighted by Gasteiger charge is -2.19. The lowest BCUT2D eigenvalue weighted by atomic mass is 10.2. The van der Waals surface area contributed by atoms with Gasteiger partial charge in [0, 0.05) is 39.2 Å². The molecule has 0 aliphatic carbocycles. The Balaban J connectivity index is 2.23. The highest BCUT2D eigenvalue weighted by molar-refractivity contribution is 5.48. The second-order valence-electron chi connectivity index (χ2n) is 5.00. The Kier molecular flexibility index (Phi) is 5.05. The molecular formula is C15H21N5O. The van der Waals surface area contributed by atoms with Crippen LogP contribution in [0.5, 0.6) is 0 Å². The topological polar surface area (TPSA) is 63.2 Å². The fourth-order valence-electron chi connectivity index (χ4n) is 2.06. The van der Waals surface area contributed by atoms with Crippen LogP contribution < -0.4 is 10.2 Å². The third-order valence-electron chi connectivity index (χ3n) is 3.05. The van der Waals surface area contributed by atoms with Gasteiger partial charge in [0.2, 0.25) is 5.95 Å². The predicted molar refractivity (Wildman–Crippen MR) is 83.6 cm³/mol. The summed E-state index contributed by atoms with van der Waals surface area (Å²) in [6.07, 6.45) is 3.58. The van der Waals surface area contributed by atoms with E-state index in [1.165, 1.54) is 0 Å². The molecule has 0 aliphatic heterocycles. The van der Waals surface area contributed by atoms with E-state index < -0.39 is 0 Å². The standard InChI is InChI=1S/C15H21N5O/c1-11-9-17-15(19-14(11)20(2)3)18-13(10-21-4)12-7-5-6-8-16-12/h5-9,13H,10H2,1-4H3,(H,17,18,19)/t13-/m0/s1. The van der Waals surface area contributed by atoms with E-state index in [0.717, 1.165) is 17.1 Å². The second-order valence-corrected chi connectivity index (χ2v) is 5.00. The van der Waals surface area contributed by atoms with E-state index in [1.54, 1.807) is 13.3 Å². The first-order valence-electron chi connectivity index (χ1n) is 6.79. The largest absolute Gasteiger partial charge is 0.382 e. The van der Waals surface area contributed by atoms with Crippen molar-refractivity contribution in [1.82, 2.24) is 15.0 Å². The molecule has 2 heterocycles. The van der Waals surface area contributed by atoms with E-state index in [0.29, 0.717) is 12.6 Å². The van der Waals surface area contributed by atoms with Crippen LogP contribution in [0.1, 0.15) is 17.3 Å². The van der Waals surface area contributed by atoms with Crippen LogP contribution >= 0.6 is 0 Å². The van der Waals surface area contributed by atoms with Crippen molar-refractivity contribution in [2.75, 3.05) is 38.0 Å². The van der Waals surface area contributed by atoms with Crippen LogP contribution in [0.4, 0.5) is 11.8 Å². The zero-order valence-corrected chi connectivity index (χ0v) is 12.9. The van der Waals surface area contributed by atoms with E-state index >= 15 is 0 Å². The zero-order valence-electron chi connectivity index (χ0n) is 12.9. The first kappa shape index (κ1) is 15.2. The zero-order chi connectivity index (χ0) is 15.2. The van der Waals surface area contributed by atoms with Gasteiger partial charge in [0.1, 0.15) is 5.82 Å². The molecule has 21 heavy (non-hydrogen) atoms. The minimum absolute atomic E-state index is 0.0890. The molecule has 0 fully saturated rings. The Labute approximate surface area is 125 Å². The highest BCUT2D eigenvalue weighted by Crippen LogP contribution is 2.19. The lowest BCUT2D eigenvalue weighted by Crippen LogP contribution is -2.20. The van der Waals surface area contributed by atoms with Gasteiger partial charge in [0.05, 0.1) is 18.3 Å². The van der Waals surface area contributed by atoms with Crippen LogP contribution in [0.15, 0.2) is 30.6 Å². The normalized spacial score (nSPS) is 12.0. The molecule has 0 unspecified atom stereocenters. The van der Waals surface area contributed by atoms with E-state index in [2.05, 4.69) is 20.3 Å². The van der Waals surface area contributed by atoms with Gasteiger partial charge >= 0.3 is 0 Å². The van der Waals surface area contributed by atoms with Gasteiger partial charge in [-0.2, -0.15) is 4.98 Å². The summed E-state index contributed by atoms with van der Waals surface area (Å²) in [5.74, 6) is 1.46. The van der Waals surface area contributed by atoms with E-state index in [4.69, 9.17) is 4.74 Å². The van der Waals surface area contributed by atoms with Crippen LogP contribution in [-0.4, -0.2) is 42.8 Å². The van der Waals surface area contributed by atoms with Gasteiger partial charge in [-0.3, -0.25) is 4.98 Å². The van der Waals surface area contributed by atoms with Gasteiger partial charge in [-0.15, -0.1) is 0 Å². The highest BCUT2D eigenvalue weighted by Gasteiger charge is 2.15. The summed E-state index contributed by atoms with van der Waals surface area (Å²) in [6, 6.07) is 5.71. The molecule has 0 saturated carbocycles. The summed E-state index contributed by atoms with van der Waals surface area (Å²) < 4.78 is 5.26. The van der Waals surface area contributed by atoms with Crippen LogP contribution in [0.2, 0.25) is 0 Å². The minimum Gasteiger partial charge on any atom is -0.382 e. The molecule has 0 saturated heterocycles. The first-order chi connectivity index (χ1) is 10.1. The Morgan fingerprint density at radius 2 is 2.10 bits per heavy atom. The lowest BCUT2D eigenvalue weighted by molar-refractivity contribution is 0.185. The van der Waals surface area contributed by atoms with Gasteiger partial charge in [-0.1, -0.05) is 6.07 Å². The van der Waals surface area contributed by atoms with Crippen molar-refractivity contribution in [2.24, 2.45) is 0 Å². The maximum atomic E-state index is 5.26. The average molecular weight is 287 g/mol. The molecule has 1 N–H and O–H groups in total. The molecule has 2 aromatic heterocycles. The SMILES string of the molecule is COC[C@H](Nc1ncc(C)c(N(C)C)n1)c1ccccn1. The molecule has 2 aromatic rings. The second kappa shape index (κ2) is 6.99. The quantitative estimate of drug-likeness (QED) is 0.877. The van der Waals surface area contributed by atoms with Crippen molar-refractivity contribution in [3.05, 3.63) is 41.9 Å². The first-order valence-corrected chi connectivity index (χ1v) is 6.79. The summed E-state index contributed by atoms with van der Waals surface area (Å²) in [7, 11) is 5.59. The fraction of sp³-hybridized carbons (Fsp3) is 0.400. The van der Waals surface area contributed by atoms with Crippen molar-refractivity contribution in [3.63, 3.8) is 0 Å². The summed E-state index contributed by atoms with van der Waals surface area (Å²) >= 11 is 0. The number of aromatic nitrogens is 3. The fourth-order valence-corrected chi connectivity index (χ4v) is 2.06. The molecule has 2 rings (SSSR count). The molecule has 0 spiro atoms. The third kappa shape index (κ3) is 3.88. The number of nitrogens with one attached hydrogen (secondary N) is 1. The number of hydrogen-bond donors (Lipinski definition) is 1. The average Bonchev–Trinajstić information content (AvgIpc) is 2.49. The monoisotopic (exact) mass is 287 g/mol. The van der Waals surface area contributed by atoms with Gasteiger partial charge in [0.15, 0.2) is 0 Å².